The fourth-order valence-electron chi connectivity index (χ4n) is 3.15. The monoisotopic (exact) mass is 442 g/mol. The molecule has 1 aromatic carbocycles. The first-order chi connectivity index (χ1) is 13.2. The molecule has 0 spiro atoms. The summed E-state index contributed by atoms with van der Waals surface area (Å²) in [5.74, 6) is -0.117. The Morgan fingerprint density at radius 1 is 1.14 bits per heavy atom. The van der Waals surface area contributed by atoms with E-state index >= 15 is 0 Å². The SMILES string of the molecule is CS(=O)(=O)c1ccc(S(=O)(=O)N2CCC[C@H](CNC(=O)c3cccs3)C2)cc1. The Labute approximate surface area is 169 Å². The molecule has 1 N–H and O–H groups in total. The van der Waals surface area contributed by atoms with E-state index < -0.39 is 19.9 Å². The summed E-state index contributed by atoms with van der Waals surface area (Å²) in [5.41, 5.74) is 0. The molecule has 1 saturated heterocycles. The maximum atomic E-state index is 12.9. The zero-order valence-electron chi connectivity index (χ0n) is 15.4. The molecule has 10 heteroatoms. The second kappa shape index (κ2) is 8.32. The van der Waals surface area contributed by atoms with Gasteiger partial charge in [0.2, 0.25) is 10.0 Å². The van der Waals surface area contributed by atoms with Crippen molar-refractivity contribution in [2.45, 2.75) is 22.6 Å². The average Bonchev–Trinajstić information content (AvgIpc) is 3.21. The van der Waals surface area contributed by atoms with Crippen LogP contribution in [-0.2, 0) is 19.9 Å². The van der Waals surface area contributed by atoms with Crippen molar-refractivity contribution < 1.29 is 21.6 Å². The Hall–Kier alpha value is -1.75. The number of hydrogen-bond acceptors (Lipinski definition) is 6. The molecule has 1 atom stereocenters. The minimum absolute atomic E-state index is 0.0303. The maximum Gasteiger partial charge on any atom is 0.261 e. The largest absolute Gasteiger partial charge is 0.351 e. The van der Waals surface area contributed by atoms with Crippen LogP contribution in [0.5, 0.6) is 0 Å². The minimum atomic E-state index is -3.71. The Bertz CT molecular complexity index is 1030. The first-order valence-corrected chi connectivity index (χ1v) is 13.0. The topological polar surface area (TPSA) is 101 Å². The van der Waals surface area contributed by atoms with Gasteiger partial charge in [-0.05, 0) is 54.5 Å². The highest BCUT2D eigenvalue weighted by Crippen LogP contribution is 2.24. The lowest BCUT2D eigenvalue weighted by Gasteiger charge is -2.32. The highest BCUT2D eigenvalue weighted by Gasteiger charge is 2.30. The van der Waals surface area contributed by atoms with E-state index in [0.29, 0.717) is 30.9 Å². The van der Waals surface area contributed by atoms with E-state index in [1.54, 1.807) is 6.07 Å². The van der Waals surface area contributed by atoms with Gasteiger partial charge in [-0.2, -0.15) is 4.31 Å². The molecule has 0 saturated carbocycles. The molecule has 0 radical (unpaired) electrons. The fraction of sp³-hybridized carbons (Fsp3) is 0.389. The molecule has 1 fully saturated rings. The summed E-state index contributed by atoms with van der Waals surface area (Å²) in [4.78, 5) is 12.9. The lowest BCUT2D eigenvalue weighted by molar-refractivity contribution is 0.0945. The van der Waals surface area contributed by atoms with Gasteiger partial charge in [-0.1, -0.05) is 6.07 Å². The molecule has 0 aliphatic carbocycles. The summed E-state index contributed by atoms with van der Waals surface area (Å²) in [6.07, 6.45) is 2.63. The summed E-state index contributed by atoms with van der Waals surface area (Å²) >= 11 is 1.36. The summed E-state index contributed by atoms with van der Waals surface area (Å²) in [7, 11) is -7.09. The highest BCUT2D eigenvalue weighted by molar-refractivity contribution is 7.90. The van der Waals surface area contributed by atoms with Gasteiger partial charge in [0.05, 0.1) is 14.7 Å². The number of sulfonamides is 1. The number of nitrogens with one attached hydrogen (secondary N) is 1. The third-order valence-electron chi connectivity index (χ3n) is 4.67. The van der Waals surface area contributed by atoms with Crippen molar-refractivity contribution >= 4 is 37.1 Å². The molecule has 0 unspecified atom stereocenters. The van der Waals surface area contributed by atoms with E-state index in [1.165, 1.54) is 39.9 Å². The fourth-order valence-corrected chi connectivity index (χ4v) is 5.98. The number of carbonyl (C=O) groups excluding carboxylic acids is 1. The van der Waals surface area contributed by atoms with Gasteiger partial charge >= 0.3 is 0 Å². The zero-order valence-corrected chi connectivity index (χ0v) is 17.8. The van der Waals surface area contributed by atoms with E-state index in [4.69, 9.17) is 0 Å². The number of thiophene rings is 1. The summed E-state index contributed by atoms with van der Waals surface area (Å²) in [5, 5.41) is 4.71. The minimum Gasteiger partial charge on any atom is -0.351 e. The van der Waals surface area contributed by atoms with Crippen LogP contribution in [0.25, 0.3) is 0 Å². The molecular weight excluding hydrogens is 420 g/mol. The number of nitrogens with zero attached hydrogens (tertiary/aromatic N) is 1. The molecule has 3 rings (SSSR count). The molecule has 1 amide bonds. The van der Waals surface area contributed by atoms with Crippen LogP contribution in [0.3, 0.4) is 0 Å². The molecule has 7 nitrogen and oxygen atoms in total. The molecule has 1 aliphatic heterocycles. The highest BCUT2D eigenvalue weighted by atomic mass is 32.2. The molecule has 152 valence electrons. The smallest absolute Gasteiger partial charge is 0.261 e. The van der Waals surface area contributed by atoms with Gasteiger partial charge < -0.3 is 5.32 Å². The van der Waals surface area contributed by atoms with Crippen LogP contribution in [0.2, 0.25) is 0 Å². The number of hydrogen-bond donors (Lipinski definition) is 1. The lowest BCUT2D eigenvalue weighted by atomic mass is 10.00. The predicted molar refractivity (Wildman–Crippen MR) is 108 cm³/mol. The molecule has 28 heavy (non-hydrogen) atoms. The van der Waals surface area contributed by atoms with Gasteiger partial charge in [-0.3, -0.25) is 4.79 Å². The molecule has 1 aliphatic rings. The lowest BCUT2D eigenvalue weighted by Crippen LogP contribution is -2.43. The van der Waals surface area contributed by atoms with Crippen molar-refractivity contribution in [3.05, 3.63) is 46.7 Å². The molecule has 1 aromatic heterocycles. The van der Waals surface area contributed by atoms with Crippen molar-refractivity contribution in [2.24, 2.45) is 5.92 Å². The van der Waals surface area contributed by atoms with Crippen molar-refractivity contribution in [2.75, 3.05) is 25.9 Å². The van der Waals surface area contributed by atoms with Crippen LogP contribution in [0.4, 0.5) is 0 Å². The van der Waals surface area contributed by atoms with Crippen LogP contribution < -0.4 is 5.32 Å². The number of sulfone groups is 1. The number of benzene rings is 1. The Kier molecular flexibility index (Phi) is 6.23. The van der Waals surface area contributed by atoms with E-state index in [9.17, 15) is 21.6 Å². The molecule has 0 bridgehead atoms. The van der Waals surface area contributed by atoms with Gasteiger partial charge in [0.15, 0.2) is 9.84 Å². The molecule has 2 heterocycles. The standard InChI is InChI=1S/C18H22N2O5S3/c1-27(22,23)15-6-8-16(9-7-15)28(24,25)20-10-2-4-14(13-20)12-19-18(21)17-5-3-11-26-17/h3,5-9,11,14H,2,4,10,12-13H2,1H3,(H,19,21)/t14-/m1/s1. The van der Waals surface area contributed by atoms with Gasteiger partial charge in [-0.15, -0.1) is 11.3 Å². The normalized spacial score (nSPS) is 18.7. The molecule has 2 aromatic rings. The Morgan fingerprint density at radius 2 is 1.82 bits per heavy atom. The number of rotatable bonds is 6. The third-order valence-corrected chi connectivity index (χ3v) is 8.54. The second-order valence-electron chi connectivity index (χ2n) is 6.80. The van der Waals surface area contributed by atoms with Crippen LogP contribution in [0.15, 0.2) is 51.6 Å². The predicted octanol–water partition coefficient (Wildman–Crippen LogP) is 1.98. The Morgan fingerprint density at radius 3 is 2.43 bits per heavy atom. The van der Waals surface area contributed by atoms with Crippen molar-refractivity contribution in [1.82, 2.24) is 9.62 Å². The van der Waals surface area contributed by atoms with Crippen molar-refractivity contribution in [3.8, 4) is 0 Å². The zero-order chi connectivity index (χ0) is 20.4. The van der Waals surface area contributed by atoms with E-state index in [-0.39, 0.29) is 21.6 Å². The van der Waals surface area contributed by atoms with Gasteiger partial charge in [-0.25, -0.2) is 16.8 Å². The van der Waals surface area contributed by atoms with Crippen LogP contribution >= 0.6 is 11.3 Å². The van der Waals surface area contributed by atoms with Gasteiger partial charge in [0, 0.05) is 25.9 Å². The van der Waals surface area contributed by atoms with Crippen LogP contribution in [0, 0.1) is 5.92 Å². The van der Waals surface area contributed by atoms with Crippen LogP contribution in [-0.4, -0.2) is 52.9 Å². The van der Waals surface area contributed by atoms with E-state index in [0.717, 1.165) is 12.7 Å². The Balaban J connectivity index is 1.66. The quantitative estimate of drug-likeness (QED) is 0.737. The summed E-state index contributed by atoms with van der Waals surface area (Å²) in [6, 6.07) is 8.83. The summed E-state index contributed by atoms with van der Waals surface area (Å²) < 4.78 is 50.3. The first kappa shape index (κ1) is 21.0. The van der Waals surface area contributed by atoms with Crippen LogP contribution in [0.1, 0.15) is 22.5 Å². The van der Waals surface area contributed by atoms with Gasteiger partial charge in [0.25, 0.3) is 5.91 Å². The summed E-state index contributed by atoms with van der Waals surface area (Å²) in [6.45, 7) is 1.14. The number of piperidine rings is 1. The maximum absolute atomic E-state index is 12.9. The second-order valence-corrected chi connectivity index (χ2v) is 11.7. The average molecular weight is 443 g/mol. The number of carbonyl (C=O) groups is 1. The third kappa shape index (κ3) is 4.80. The first-order valence-electron chi connectivity index (χ1n) is 8.80. The number of amides is 1. The van der Waals surface area contributed by atoms with Crippen molar-refractivity contribution in [1.29, 1.82) is 0 Å². The van der Waals surface area contributed by atoms with Gasteiger partial charge in [0.1, 0.15) is 0 Å². The van der Waals surface area contributed by atoms with Crippen molar-refractivity contribution in [3.63, 3.8) is 0 Å². The van der Waals surface area contributed by atoms with E-state index in [1.807, 2.05) is 11.4 Å². The molecular formula is C18H22N2O5S3. The van der Waals surface area contributed by atoms with E-state index in [2.05, 4.69) is 5.32 Å².